The molecule has 0 unspecified atom stereocenters. The Morgan fingerprint density at radius 1 is 1.22 bits per heavy atom. The Balaban J connectivity index is 1.71. The number of amides is 2. The number of rotatable bonds is 4. The van der Waals surface area contributed by atoms with Crippen molar-refractivity contribution in [3.05, 3.63) is 59.4 Å². The van der Waals surface area contributed by atoms with E-state index in [1.54, 1.807) is 30.2 Å². The first-order valence-electron chi connectivity index (χ1n) is 8.99. The number of ether oxygens (including phenoxy) is 1. The van der Waals surface area contributed by atoms with Gasteiger partial charge in [-0.2, -0.15) is 0 Å². The first kappa shape index (κ1) is 18.9. The number of aryl methyl sites for hydroxylation is 1. The minimum atomic E-state index is -0.543. The molecule has 1 heterocycles. The smallest absolute Gasteiger partial charge is 0.256 e. The van der Waals surface area contributed by atoms with Crippen LogP contribution in [0.3, 0.4) is 0 Å². The molecule has 1 aliphatic heterocycles. The number of anilines is 1. The Bertz CT molecular complexity index is 853. The Kier molecular flexibility index (Phi) is 5.74. The Morgan fingerprint density at radius 2 is 2.00 bits per heavy atom. The lowest BCUT2D eigenvalue weighted by Crippen LogP contribution is -2.44. The number of nitrogens with one attached hydrogen (secondary N) is 1. The number of benzene rings is 2. The number of carbonyl (C=O) groups is 2. The third-order valence-corrected chi connectivity index (χ3v) is 4.80. The van der Waals surface area contributed by atoms with E-state index < -0.39 is 5.82 Å². The topological polar surface area (TPSA) is 58.6 Å². The molecule has 1 saturated heterocycles. The van der Waals surface area contributed by atoms with Gasteiger partial charge in [0.1, 0.15) is 11.6 Å². The average molecular weight is 370 g/mol. The highest BCUT2D eigenvalue weighted by molar-refractivity contribution is 5.97. The molecule has 5 nitrogen and oxygen atoms in total. The molecule has 1 N–H and O–H groups in total. The minimum absolute atomic E-state index is 0.0407. The third kappa shape index (κ3) is 4.27. The van der Waals surface area contributed by atoms with Gasteiger partial charge in [-0.25, -0.2) is 4.39 Å². The molecule has 142 valence electrons. The standard InChI is InChI=1S/C21H23FN2O3/c1-14-9-10-19(27-2)18(12-14)23-20(25)15-6-5-11-24(13-15)21(26)16-7-3-4-8-17(16)22/h3-4,7-10,12,15H,5-6,11,13H2,1-2H3,(H,23,25)/t15-/m1/s1. The zero-order valence-corrected chi connectivity index (χ0v) is 15.5. The SMILES string of the molecule is COc1ccc(C)cc1NC(=O)[C@@H]1CCCN(C(=O)c2ccccc2F)C1. The molecule has 0 bridgehead atoms. The van der Waals surface area contributed by atoms with Gasteiger partial charge in [0.2, 0.25) is 5.91 Å². The molecule has 1 aliphatic rings. The van der Waals surface area contributed by atoms with Crippen molar-refractivity contribution in [3.8, 4) is 5.75 Å². The molecular formula is C21H23FN2O3. The Morgan fingerprint density at radius 3 is 2.74 bits per heavy atom. The fourth-order valence-electron chi connectivity index (χ4n) is 3.33. The molecule has 0 aromatic heterocycles. The highest BCUT2D eigenvalue weighted by Gasteiger charge is 2.30. The maximum absolute atomic E-state index is 13.9. The molecule has 0 radical (unpaired) electrons. The molecule has 1 atom stereocenters. The molecule has 1 fully saturated rings. The van der Waals surface area contributed by atoms with E-state index in [9.17, 15) is 14.0 Å². The van der Waals surface area contributed by atoms with Gasteiger partial charge in [0.15, 0.2) is 0 Å². The van der Waals surface area contributed by atoms with E-state index in [-0.39, 0.29) is 29.8 Å². The molecule has 27 heavy (non-hydrogen) atoms. The fraction of sp³-hybridized carbons (Fsp3) is 0.333. The normalized spacial score (nSPS) is 16.7. The highest BCUT2D eigenvalue weighted by atomic mass is 19.1. The molecule has 0 saturated carbocycles. The summed E-state index contributed by atoms with van der Waals surface area (Å²) < 4.78 is 19.2. The molecule has 6 heteroatoms. The molecule has 0 aliphatic carbocycles. The van der Waals surface area contributed by atoms with Crippen LogP contribution in [-0.4, -0.2) is 36.9 Å². The number of halogens is 1. The first-order chi connectivity index (χ1) is 13.0. The Labute approximate surface area is 158 Å². The molecule has 0 spiro atoms. The number of likely N-dealkylation sites (tertiary alicyclic amines) is 1. The minimum Gasteiger partial charge on any atom is -0.495 e. The van der Waals surface area contributed by atoms with Crippen LogP contribution in [0.5, 0.6) is 5.75 Å². The van der Waals surface area contributed by atoms with Gasteiger partial charge in [-0.15, -0.1) is 0 Å². The summed E-state index contributed by atoms with van der Waals surface area (Å²) in [5.41, 5.74) is 1.66. The van der Waals surface area contributed by atoms with Gasteiger partial charge in [-0.1, -0.05) is 18.2 Å². The monoisotopic (exact) mass is 370 g/mol. The second-order valence-electron chi connectivity index (χ2n) is 6.76. The van der Waals surface area contributed by atoms with E-state index in [4.69, 9.17) is 4.74 Å². The van der Waals surface area contributed by atoms with Gasteiger partial charge in [0, 0.05) is 13.1 Å². The summed E-state index contributed by atoms with van der Waals surface area (Å²) in [6.45, 7) is 2.72. The van der Waals surface area contributed by atoms with Crippen LogP contribution < -0.4 is 10.1 Å². The predicted octanol–water partition coefficient (Wildman–Crippen LogP) is 3.63. The fourth-order valence-corrected chi connectivity index (χ4v) is 3.33. The van der Waals surface area contributed by atoms with E-state index in [1.165, 1.54) is 12.1 Å². The lowest BCUT2D eigenvalue weighted by atomic mass is 9.96. The summed E-state index contributed by atoms with van der Waals surface area (Å²) in [6, 6.07) is 11.5. The summed E-state index contributed by atoms with van der Waals surface area (Å²) in [6.07, 6.45) is 1.38. The van der Waals surface area contributed by atoms with E-state index >= 15 is 0 Å². The largest absolute Gasteiger partial charge is 0.495 e. The molecular weight excluding hydrogens is 347 g/mol. The molecule has 3 rings (SSSR count). The second-order valence-corrected chi connectivity index (χ2v) is 6.76. The van der Waals surface area contributed by atoms with Crippen LogP contribution in [-0.2, 0) is 4.79 Å². The van der Waals surface area contributed by atoms with E-state index in [2.05, 4.69) is 5.32 Å². The summed E-state index contributed by atoms with van der Waals surface area (Å²) in [4.78, 5) is 26.9. The van der Waals surface area contributed by atoms with Crippen LogP contribution in [0.25, 0.3) is 0 Å². The van der Waals surface area contributed by atoms with E-state index in [1.807, 2.05) is 19.1 Å². The van der Waals surface area contributed by atoms with Crippen LogP contribution >= 0.6 is 0 Å². The number of piperidine rings is 1. The van der Waals surface area contributed by atoms with Gasteiger partial charge in [0.25, 0.3) is 5.91 Å². The van der Waals surface area contributed by atoms with Crippen molar-refractivity contribution in [1.82, 2.24) is 4.90 Å². The average Bonchev–Trinajstić information content (AvgIpc) is 2.68. The van der Waals surface area contributed by atoms with Crippen LogP contribution in [0.1, 0.15) is 28.8 Å². The van der Waals surface area contributed by atoms with Gasteiger partial charge in [-0.05, 0) is 49.6 Å². The van der Waals surface area contributed by atoms with Gasteiger partial charge >= 0.3 is 0 Å². The first-order valence-corrected chi connectivity index (χ1v) is 8.99. The van der Waals surface area contributed by atoms with Crippen LogP contribution in [0.2, 0.25) is 0 Å². The van der Waals surface area contributed by atoms with Crippen molar-refractivity contribution >= 4 is 17.5 Å². The predicted molar refractivity (Wildman–Crippen MR) is 101 cm³/mol. The second kappa shape index (κ2) is 8.20. The van der Waals surface area contributed by atoms with Crippen molar-refractivity contribution in [3.63, 3.8) is 0 Å². The van der Waals surface area contributed by atoms with Crippen LogP contribution in [0.15, 0.2) is 42.5 Å². The number of hydrogen-bond donors (Lipinski definition) is 1. The maximum atomic E-state index is 13.9. The zero-order chi connectivity index (χ0) is 19.4. The molecule has 2 aromatic carbocycles. The maximum Gasteiger partial charge on any atom is 0.256 e. The quantitative estimate of drug-likeness (QED) is 0.894. The van der Waals surface area contributed by atoms with Crippen LogP contribution in [0.4, 0.5) is 10.1 Å². The summed E-state index contributed by atoms with van der Waals surface area (Å²) in [5.74, 6) is -0.842. The third-order valence-electron chi connectivity index (χ3n) is 4.80. The lowest BCUT2D eigenvalue weighted by molar-refractivity contribution is -0.121. The summed E-state index contributed by atoms with van der Waals surface area (Å²) in [7, 11) is 1.55. The van der Waals surface area contributed by atoms with Crippen molar-refractivity contribution in [1.29, 1.82) is 0 Å². The number of carbonyl (C=O) groups excluding carboxylic acids is 2. The number of hydrogen-bond acceptors (Lipinski definition) is 3. The van der Waals surface area contributed by atoms with Crippen molar-refractivity contribution < 1.29 is 18.7 Å². The molecule has 2 aromatic rings. The van der Waals surface area contributed by atoms with Gasteiger partial charge in [0.05, 0.1) is 24.3 Å². The van der Waals surface area contributed by atoms with Gasteiger partial charge < -0.3 is 15.0 Å². The summed E-state index contributed by atoms with van der Waals surface area (Å²) >= 11 is 0. The van der Waals surface area contributed by atoms with Crippen molar-refractivity contribution in [2.24, 2.45) is 5.92 Å². The molecule has 2 amide bonds. The Hall–Kier alpha value is -2.89. The summed E-state index contributed by atoms with van der Waals surface area (Å²) in [5, 5.41) is 2.91. The zero-order valence-electron chi connectivity index (χ0n) is 15.5. The van der Waals surface area contributed by atoms with E-state index in [0.29, 0.717) is 30.8 Å². The lowest BCUT2D eigenvalue weighted by Gasteiger charge is -2.32. The number of nitrogens with zero attached hydrogens (tertiary/aromatic N) is 1. The van der Waals surface area contributed by atoms with Crippen LogP contribution in [0, 0.1) is 18.7 Å². The highest BCUT2D eigenvalue weighted by Crippen LogP contribution is 2.27. The number of methoxy groups -OCH3 is 1. The van der Waals surface area contributed by atoms with E-state index in [0.717, 1.165) is 5.56 Å². The van der Waals surface area contributed by atoms with Gasteiger partial charge in [-0.3, -0.25) is 9.59 Å². The van der Waals surface area contributed by atoms with Crippen molar-refractivity contribution in [2.45, 2.75) is 19.8 Å². The van der Waals surface area contributed by atoms with Crippen molar-refractivity contribution in [2.75, 3.05) is 25.5 Å².